The highest BCUT2D eigenvalue weighted by atomic mass is 19.1. The van der Waals surface area contributed by atoms with Gasteiger partial charge in [-0.15, -0.1) is 0 Å². The van der Waals surface area contributed by atoms with E-state index < -0.39 is 17.5 Å². The number of phenolic OH excluding ortho intramolecular Hbond substituents is 1. The number of benzene rings is 2. The van der Waals surface area contributed by atoms with Crippen LogP contribution >= 0.6 is 0 Å². The maximum atomic E-state index is 14.0. The minimum absolute atomic E-state index is 0.138. The van der Waals surface area contributed by atoms with Gasteiger partial charge in [0.1, 0.15) is 5.82 Å². The maximum Gasteiger partial charge on any atom is 0.257 e. The molecule has 1 atom stereocenters. The summed E-state index contributed by atoms with van der Waals surface area (Å²) in [6, 6.07) is 10.2. The SMILES string of the molecule is CC1CN(c2cccc(F)c2)CCN1C(=O)c1cccc(O)c1F. The lowest BCUT2D eigenvalue weighted by atomic mass is 10.1. The van der Waals surface area contributed by atoms with E-state index in [2.05, 4.69) is 0 Å². The van der Waals surface area contributed by atoms with Crippen molar-refractivity contribution in [1.29, 1.82) is 0 Å². The minimum atomic E-state index is -0.901. The Balaban J connectivity index is 1.76. The third-order valence-corrected chi connectivity index (χ3v) is 4.27. The van der Waals surface area contributed by atoms with Crippen LogP contribution < -0.4 is 4.90 Å². The van der Waals surface area contributed by atoms with Gasteiger partial charge >= 0.3 is 0 Å². The maximum absolute atomic E-state index is 14.0. The number of anilines is 1. The molecule has 1 fully saturated rings. The first-order valence-corrected chi connectivity index (χ1v) is 7.76. The number of carbonyl (C=O) groups is 1. The lowest BCUT2D eigenvalue weighted by Crippen LogP contribution is -2.54. The van der Waals surface area contributed by atoms with E-state index in [1.807, 2.05) is 17.9 Å². The third kappa shape index (κ3) is 3.04. The molecule has 2 aromatic rings. The van der Waals surface area contributed by atoms with Crippen LogP contribution in [0.2, 0.25) is 0 Å². The molecule has 0 aromatic heterocycles. The Hall–Kier alpha value is -2.63. The third-order valence-electron chi connectivity index (χ3n) is 4.27. The Morgan fingerprint density at radius 3 is 2.62 bits per heavy atom. The van der Waals surface area contributed by atoms with Gasteiger partial charge < -0.3 is 14.9 Å². The van der Waals surface area contributed by atoms with Gasteiger partial charge in [-0.2, -0.15) is 0 Å². The number of phenols is 1. The van der Waals surface area contributed by atoms with E-state index in [1.54, 1.807) is 11.0 Å². The Morgan fingerprint density at radius 2 is 1.92 bits per heavy atom. The number of hydrogen-bond donors (Lipinski definition) is 1. The predicted octanol–water partition coefficient (Wildman–Crippen LogP) is 3.02. The van der Waals surface area contributed by atoms with Gasteiger partial charge in [0, 0.05) is 31.4 Å². The first-order chi connectivity index (χ1) is 11.5. The van der Waals surface area contributed by atoms with Gasteiger partial charge in [0.15, 0.2) is 11.6 Å². The van der Waals surface area contributed by atoms with Crippen LogP contribution in [0.1, 0.15) is 17.3 Å². The van der Waals surface area contributed by atoms with Crippen molar-refractivity contribution >= 4 is 11.6 Å². The second-order valence-electron chi connectivity index (χ2n) is 5.91. The highest BCUT2D eigenvalue weighted by Crippen LogP contribution is 2.24. The monoisotopic (exact) mass is 332 g/mol. The molecule has 0 saturated carbocycles. The molecule has 1 aliphatic heterocycles. The lowest BCUT2D eigenvalue weighted by molar-refractivity contribution is 0.0668. The van der Waals surface area contributed by atoms with Crippen molar-refractivity contribution in [2.45, 2.75) is 13.0 Å². The molecule has 4 nitrogen and oxygen atoms in total. The number of amides is 1. The number of nitrogens with zero attached hydrogens (tertiary/aromatic N) is 2. The average Bonchev–Trinajstić information content (AvgIpc) is 2.56. The van der Waals surface area contributed by atoms with E-state index >= 15 is 0 Å². The van der Waals surface area contributed by atoms with Gasteiger partial charge in [0.05, 0.1) is 5.56 Å². The second kappa shape index (κ2) is 6.47. The van der Waals surface area contributed by atoms with E-state index in [0.29, 0.717) is 19.6 Å². The van der Waals surface area contributed by atoms with Crippen LogP contribution in [-0.2, 0) is 0 Å². The summed E-state index contributed by atoms with van der Waals surface area (Å²) in [7, 11) is 0. The van der Waals surface area contributed by atoms with Crippen LogP contribution in [0.4, 0.5) is 14.5 Å². The van der Waals surface area contributed by atoms with E-state index in [0.717, 1.165) is 5.69 Å². The van der Waals surface area contributed by atoms with Crippen LogP contribution in [0.25, 0.3) is 0 Å². The number of rotatable bonds is 2. The summed E-state index contributed by atoms with van der Waals surface area (Å²) in [5.74, 6) is -2.19. The van der Waals surface area contributed by atoms with Gasteiger partial charge in [-0.05, 0) is 37.3 Å². The summed E-state index contributed by atoms with van der Waals surface area (Å²) in [5.41, 5.74) is 0.624. The Morgan fingerprint density at radius 1 is 1.17 bits per heavy atom. The number of hydrogen-bond acceptors (Lipinski definition) is 3. The summed E-state index contributed by atoms with van der Waals surface area (Å²) in [5, 5.41) is 9.44. The van der Waals surface area contributed by atoms with E-state index in [4.69, 9.17) is 0 Å². The molecule has 3 rings (SSSR count). The zero-order valence-electron chi connectivity index (χ0n) is 13.2. The summed E-state index contributed by atoms with van der Waals surface area (Å²) in [4.78, 5) is 16.2. The van der Waals surface area contributed by atoms with Gasteiger partial charge in [0.2, 0.25) is 0 Å². The molecule has 24 heavy (non-hydrogen) atoms. The molecule has 0 radical (unpaired) electrons. The molecule has 126 valence electrons. The van der Waals surface area contributed by atoms with Crippen molar-refractivity contribution in [3.8, 4) is 5.75 Å². The van der Waals surface area contributed by atoms with Crippen LogP contribution in [-0.4, -0.2) is 41.6 Å². The largest absolute Gasteiger partial charge is 0.505 e. The molecule has 1 heterocycles. The molecule has 2 aromatic carbocycles. The molecule has 1 saturated heterocycles. The molecular weight excluding hydrogens is 314 g/mol. The van der Waals surface area contributed by atoms with Crippen molar-refractivity contribution in [3.63, 3.8) is 0 Å². The van der Waals surface area contributed by atoms with Crippen LogP contribution in [0.3, 0.4) is 0 Å². The summed E-state index contributed by atoms with van der Waals surface area (Å²) in [6.07, 6.45) is 0. The van der Waals surface area contributed by atoms with Gasteiger partial charge in [-0.3, -0.25) is 4.79 Å². The summed E-state index contributed by atoms with van der Waals surface area (Å²) < 4.78 is 27.3. The van der Waals surface area contributed by atoms with Gasteiger partial charge in [-0.25, -0.2) is 8.78 Å². The van der Waals surface area contributed by atoms with Crippen LogP contribution in [0, 0.1) is 11.6 Å². The second-order valence-corrected chi connectivity index (χ2v) is 5.91. The molecule has 1 aliphatic rings. The van der Waals surface area contributed by atoms with Crippen LogP contribution in [0.5, 0.6) is 5.75 Å². The highest BCUT2D eigenvalue weighted by molar-refractivity contribution is 5.95. The predicted molar refractivity (Wildman–Crippen MR) is 87.2 cm³/mol. The lowest BCUT2D eigenvalue weighted by Gasteiger charge is -2.41. The van der Waals surface area contributed by atoms with Crippen LogP contribution in [0.15, 0.2) is 42.5 Å². The quantitative estimate of drug-likeness (QED) is 0.919. The molecule has 0 spiro atoms. The smallest absolute Gasteiger partial charge is 0.257 e. The van der Waals surface area contributed by atoms with Crippen molar-refractivity contribution in [3.05, 3.63) is 59.7 Å². The number of halogens is 2. The fraction of sp³-hybridized carbons (Fsp3) is 0.278. The molecular formula is C18H18F2N2O2. The highest BCUT2D eigenvalue weighted by Gasteiger charge is 2.30. The first kappa shape index (κ1) is 16.2. The average molecular weight is 332 g/mol. The first-order valence-electron chi connectivity index (χ1n) is 7.76. The normalized spacial score (nSPS) is 17.9. The zero-order valence-corrected chi connectivity index (χ0v) is 13.2. The van der Waals surface area contributed by atoms with E-state index in [9.17, 15) is 18.7 Å². The number of carbonyl (C=O) groups excluding carboxylic acids is 1. The Bertz CT molecular complexity index is 766. The number of piperazine rings is 1. The molecule has 1 N–H and O–H groups in total. The van der Waals surface area contributed by atoms with Gasteiger partial charge in [0.25, 0.3) is 5.91 Å². The zero-order chi connectivity index (χ0) is 17.3. The topological polar surface area (TPSA) is 43.8 Å². The summed E-state index contributed by atoms with van der Waals surface area (Å²) in [6.45, 7) is 3.31. The van der Waals surface area contributed by atoms with Gasteiger partial charge in [-0.1, -0.05) is 12.1 Å². The van der Waals surface area contributed by atoms with Crippen molar-refractivity contribution in [1.82, 2.24) is 4.90 Å². The fourth-order valence-electron chi connectivity index (χ4n) is 3.01. The molecule has 0 bridgehead atoms. The minimum Gasteiger partial charge on any atom is -0.505 e. The summed E-state index contributed by atoms with van der Waals surface area (Å²) >= 11 is 0. The molecule has 0 aliphatic carbocycles. The van der Waals surface area contributed by atoms with E-state index in [-0.39, 0.29) is 17.4 Å². The molecule has 1 unspecified atom stereocenters. The fourth-order valence-corrected chi connectivity index (χ4v) is 3.01. The molecule has 1 amide bonds. The van der Waals surface area contributed by atoms with Crippen molar-refractivity contribution in [2.75, 3.05) is 24.5 Å². The van der Waals surface area contributed by atoms with Crippen molar-refractivity contribution in [2.24, 2.45) is 0 Å². The van der Waals surface area contributed by atoms with E-state index in [1.165, 1.54) is 30.3 Å². The van der Waals surface area contributed by atoms with Crippen molar-refractivity contribution < 1.29 is 18.7 Å². The molecule has 6 heteroatoms. The number of aromatic hydroxyl groups is 1. The Kier molecular flexibility index (Phi) is 4.38. The Labute approximate surface area is 138 Å². The standard InChI is InChI=1S/C18H18F2N2O2/c1-12-11-21(14-5-2-4-13(19)10-14)8-9-22(12)18(24)15-6-3-7-16(23)17(15)20/h2-7,10,12,23H,8-9,11H2,1H3.